The van der Waals surface area contributed by atoms with Crippen molar-refractivity contribution in [3.8, 4) is 0 Å². The minimum atomic E-state index is 0.433. The van der Waals surface area contributed by atoms with Crippen LogP contribution in [-0.4, -0.2) is 0 Å². The van der Waals surface area contributed by atoms with E-state index in [0.29, 0.717) is 6.04 Å². The molecule has 1 aliphatic carbocycles. The Hall–Kier alpha value is -0.800. The summed E-state index contributed by atoms with van der Waals surface area (Å²) in [6.45, 7) is 2.14. The zero-order valence-electron chi connectivity index (χ0n) is 10.7. The summed E-state index contributed by atoms with van der Waals surface area (Å²) in [5.74, 6) is 0. The number of anilines is 1. The zero-order chi connectivity index (χ0) is 13.4. The highest BCUT2D eigenvalue weighted by Gasteiger charge is 2.22. The van der Waals surface area contributed by atoms with Crippen LogP contribution in [0, 0.1) is 6.92 Å². The first-order valence-electron chi connectivity index (χ1n) is 6.44. The van der Waals surface area contributed by atoms with Gasteiger partial charge in [0, 0.05) is 14.6 Å². The molecule has 1 nitrogen and oxygen atoms in total. The first kappa shape index (κ1) is 13.2. The first-order valence-corrected chi connectivity index (χ1v) is 8.03. The lowest BCUT2D eigenvalue weighted by Crippen LogP contribution is -2.08. The fourth-order valence-corrected chi connectivity index (χ4v) is 3.60. The maximum Gasteiger partial charge on any atom is 0.0519 e. The van der Waals surface area contributed by atoms with Gasteiger partial charge in [-0.3, -0.25) is 0 Å². The van der Waals surface area contributed by atoms with Gasteiger partial charge < -0.3 is 5.32 Å². The van der Waals surface area contributed by atoms with E-state index in [4.69, 9.17) is 0 Å². The summed E-state index contributed by atoms with van der Waals surface area (Å²) in [5, 5.41) is 3.68. The minimum Gasteiger partial charge on any atom is -0.378 e. The van der Waals surface area contributed by atoms with Gasteiger partial charge in [-0.15, -0.1) is 0 Å². The van der Waals surface area contributed by atoms with Crippen LogP contribution in [0.1, 0.15) is 29.2 Å². The summed E-state index contributed by atoms with van der Waals surface area (Å²) in [4.78, 5) is 0. The van der Waals surface area contributed by atoms with Crippen molar-refractivity contribution in [3.05, 3.63) is 62.0 Å². The average molecular weight is 381 g/mol. The van der Waals surface area contributed by atoms with Gasteiger partial charge in [-0.2, -0.15) is 0 Å². The number of nitrogens with one attached hydrogen (secondary N) is 1. The van der Waals surface area contributed by atoms with E-state index in [-0.39, 0.29) is 0 Å². The SMILES string of the molecule is Cc1cc(Br)ccc1NC1CCc2cc(Br)ccc21. The summed E-state index contributed by atoms with van der Waals surface area (Å²) in [5.41, 5.74) is 5.40. The zero-order valence-corrected chi connectivity index (χ0v) is 13.9. The van der Waals surface area contributed by atoms with E-state index in [1.165, 1.54) is 33.3 Å². The van der Waals surface area contributed by atoms with Gasteiger partial charge in [0.25, 0.3) is 0 Å². The second kappa shape index (κ2) is 5.29. The monoisotopic (exact) mass is 379 g/mol. The van der Waals surface area contributed by atoms with Crippen LogP contribution < -0.4 is 5.32 Å². The molecule has 2 aromatic carbocycles. The van der Waals surface area contributed by atoms with Crippen LogP contribution in [0.3, 0.4) is 0 Å². The number of hydrogen-bond acceptors (Lipinski definition) is 1. The van der Waals surface area contributed by atoms with E-state index in [9.17, 15) is 0 Å². The van der Waals surface area contributed by atoms with Crippen molar-refractivity contribution in [2.75, 3.05) is 5.32 Å². The molecule has 0 aliphatic heterocycles. The number of hydrogen-bond donors (Lipinski definition) is 1. The normalized spacial score (nSPS) is 17.3. The molecule has 1 aliphatic rings. The summed E-state index contributed by atoms with van der Waals surface area (Å²) in [6, 6.07) is 13.4. The lowest BCUT2D eigenvalue weighted by Gasteiger charge is -2.17. The lowest BCUT2D eigenvalue weighted by molar-refractivity contribution is 0.761. The smallest absolute Gasteiger partial charge is 0.0519 e. The van der Waals surface area contributed by atoms with Gasteiger partial charge in [0.2, 0.25) is 0 Å². The Labute approximate surface area is 130 Å². The van der Waals surface area contributed by atoms with Gasteiger partial charge in [-0.05, 0) is 66.8 Å². The number of rotatable bonds is 2. The van der Waals surface area contributed by atoms with Crippen LogP contribution in [0.15, 0.2) is 45.3 Å². The van der Waals surface area contributed by atoms with E-state index in [0.717, 1.165) is 10.9 Å². The quantitative estimate of drug-likeness (QED) is 0.712. The van der Waals surface area contributed by atoms with Crippen molar-refractivity contribution in [1.29, 1.82) is 0 Å². The molecule has 0 radical (unpaired) electrons. The number of benzene rings is 2. The molecular formula is C16H15Br2N. The van der Waals surface area contributed by atoms with Crippen LogP contribution in [0.5, 0.6) is 0 Å². The molecule has 1 atom stereocenters. The topological polar surface area (TPSA) is 12.0 Å². The first-order chi connectivity index (χ1) is 9.13. The third kappa shape index (κ3) is 2.72. The predicted octanol–water partition coefficient (Wildman–Crippen LogP) is 5.62. The lowest BCUT2D eigenvalue weighted by atomic mass is 10.1. The van der Waals surface area contributed by atoms with Crippen molar-refractivity contribution in [1.82, 2.24) is 0 Å². The van der Waals surface area contributed by atoms with Crippen LogP contribution in [-0.2, 0) is 6.42 Å². The predicted molar refractivity (Wildman–Crippen MR) is 87.7 cm³/mol. The van der Waals surface area contributed by atoms with Gasteiger partial charge >= 0.3 is 0 Å². The fraction of sp³-hybridized carbons (Fsp3) is 0.250. The molecule has 0 saturated heterocycles. The summed E-state index contributed by atoms with van der Waals surface area (Å²) in [7, 11) is 0. The second-order valence-corrected chi connectivity index (χ2v) is 6.87. The van der Waals surface area contributed by atoms with E-state index in [2.05, 4.69) is 80.5 Å². The number of halogens is 2. The van der Waals surface area contributed by atoms with Gasteiger partial charge in [0.05, 0.1) is 6.04 Å². The van der Waals surface area contributed by atoms with E-state index >= 15 is 0 Å². The van der Waals surface area contributed by atoms with Crippen LogP contribution in [0.25, 0.3) is 0 Å². The second-order valence-electron chi connectivity index (χ2n) is 5.04. The Kier molecular flexibility index (Phi) is 3.68. The highest BCUT2D eigenvalue weighted by Crippen LogP contribution is 2.36. The molecule has 0 aromatic heterocycles. The number of aryl methyl sites for hydroxylation is 2. The third-order valence-corrected chi connectivity index (χ3v) is 4.69. The van der Waals surface area contributed by atoms with E-state index < -0.39 is 0 Å². The third-order valence-electron chi connectivity index (χ3n) is 3.70. The highest BCUT2D eigenvalue weighted by atomic mass is 79.9. The molecule has 2 aromatic rings. The Morgan fingerprint density at radius 3 is 2.58 bits per heavy atom. The van der Waals surface area contributed by atoms with E-state index in [1.54, 1.807) is 0 Å². The van der Waals surface area contributed by atoms with Crippen LogP contribution in [0.4, 0.5) is 5.69 Å². The Balaban J connectivity index is 1.86. The molecule has 19 heavy (non-hydrogen) atoms. The molecule has 0 amide bonds. The highest BCUT2D eigenvalue weighted by molar-refractivity contribution is 9.10. The average Bonchev–Trinajstić information content (AvgIpc) is 2.75. The van der Waals surface area contributed by atoms with Gasteiger partial charge in [0.1, 0.15) is 0 Å². The van der Waals surface area contributed by atoms with Gasteiger partial charge in [-0.25, -0.2) is 0 Å². The van der Waals surface area contributed by atoms with Crippen molar-refractivity contribution in [2.24, 2.45) is 0 Å². The Morgan fingerprint density at radius 1 is 1.05 bits per heavy atom. The maximum absolute atomic E-state index is 3.68. The van der Waals surface area contributed by atoms with Crippen molar-refractivity contribution in [2.45, 2.75) is 25.8 Å². The molecule has 1 N–H and O–H groups in total. The molecule has 0 bridgehead atoms. The molecule has 98 valence electrons. The minimum absolute atomic E-state index is 0.433. The fourth-order valence-electron chi connectivity index (χ4n) is 2.71. The molecule has 0 heterocycles. The van der Waals surface area contributed by atoms with Gasteiger partial charge in [-0.1, -0.05) is 37.9 Å². The molecule has 0 fully saturated rings. The summed E-state index contributed by atoms with van der Waals surface area (Å²) >= 11 is 7.06. The van der Waals surface area contributed by atoms with Crippen molar-refractivity contribution >= 4 is 37.5 Å². The van der Waals surface area contributed by atoms with Crippen molar-refractivity contribution in [3.63, 3.8) is 0 Å². The van der Waals surface area contributed by atoms with E-state index in [1.807, 2.05) is 0 Å². The molecule has 3 rings (SSSR count). The summed E-state index contributed by atoms with van der Waals surface area (Å²) in [6.07, 6.45) is 2.32. The van der Waals surface area contributed by atoms with Crippen LogP contribution in [0.2, 0.25) is 0 Å². The molecule has 1 unspecified atom stereocenters. The number of fused-ring (bicyclic) bond motifs is 1. The van der Waals surface area contributed by atoms with Gasteiger partial charge in [0.15, 0.2) is 0 Å². The maximum atomic E-state index is 3.68. The largest absolute Gasteiger partial charge is 0.378 e. The molecule has 0 saturated carbocycles. The molecule has 0 spiro atoms. The Bertz CT molecular complexity index is 622. The van der Waals surface area contributed by atoms with Crippen molar-refractivity contribution < 1.29 is 0 Å². The molecular weight excluding hydrogens is 366 g/mol. The summed E-state index contributed by atoms with van der Waals surface area (Å²) < 4.78 is 2.30. The Morgan fingerprint density at radius 2 is 1.79 bits per heavy atom. The molecule has 3 heteroatoms. The van der Waals surface area contributed by atoms with Crippen LogP contribution >= 0.6 is 31.9 Å². The standard InChI is InChI=1S/C16H15Br2N/c1-10-8-12(17)4-7-15(10)19-16-6-2-11-9-13(18)3-5-14(11)16/h3-5,7-9,16,19H,2,6H2,1H3.